The molecule has 0 aliphatic heterocycles. The van der Waals surface area contributed by atoms with E-state index >= 15 is 0 Å². The predicted molar refractivity (Wildman–Crippen MR) is 129 cm³/mol. The fourth-order valence-electron chi connectivity index (χ4n) is 3.58. The van der Waals surface area contributed by atoms with Gasteiger partial charge in [-0.15, -0.1) is 11.3 Å². The van der Waals surface area contributed by atoms with Gasteiger partial charge in [0, 0.05) is 11.4 Å². The van der Waals surface area contributed by atoms with Crippen molar-refractivity contribution >= 4 is 27.5 Å². The van der Waals surface area contributed by atoms with Gasteiger partial charge in [0.1, 0.15) is 22.1 Å². The van der Waals surface area contributed by atoms with E-state index in [1.807, 2.05) is 30.3 Å². The normalized spacial score (nSPS) is 11.2. The Labute approximate surface area is 199 Å². The van der Waals surface area contributed by atoms with Gasteiger partial charge in [-0.3, -0.25) is 14.5 Å². The third-order valence-electron chi connectivity index (χ3n) is 5.16. The molecule has 0 amide bonds. The third kappa shape index (κ3) is 5.67. The number of aromatic nitrogens is 2. The summed E-state index contributed by atoms with van der Waals surface area (Å²) in [4.78, 5) is 35.1. The lowest BCUT2D eigenvalue weighted by atomic mass is 10.2. The second-order valence-corrected chi connectivity index (χ2v) is 8.69. The van der Waals surface area contributed by atoms with Crippen molar-refractivity contribution in [1.29, 1.82) is 0 Å². The van der Waals surface area contributed by atoms with E-state index in [1.165, 1.54) is 23.5 Å². The molecule has 0 spiro atoms. The van der Waals surface area contributed by atoms with Crippen LogP contribution in [0.2, 0.25) is 0 Å². The number of H-pyrrole nitrogens is 1. The van der Waals surface area contributed by atoms with Crippen molar-refractivity contribution in [3.05, 3.63) is 82.2 Å². The fourth-order valence-corrected chi connectivity index (χ4v) is 4.57. The molecule has 0 bridgehead atoms. The lowest BCUT2D eigenvalue weighted by molar-refractivity contribution is -0.144. The summed E-state index contributed by atoms with van der Waals surface area (Å²) < 4.78 is 24.1. The van der Waals surface area contributed by atoms with Crippen LogP contribution in [0.4, 0.5) is 4.39 Å². The van der Waals surface area contributed by atoms with Crippen molar-refractivity contribution in [2.75, 3.05) is 20.3 Å². The van der Waals surface area contributed by atoms with E-state index < -0.39 is 0 Å². The molecule has 0 atom stereocenters. The Morgan fingerprint density at radius 2 is 1.85 bits per heavy atom. The number of hydrogen-bond acceptors (Lipinski definition) is 7. The number of nitrogens with zero attached hydrogens (tertiary/aromatic N) is 2. The SMILES string of the molecule is CCOC(=O)CN(Cc1ccc(F)cc1)Cc1nc2cc(-c3ccc(OC)cc3)sc2c(=O)[nH]1. The van der Waals surface area contributed by atoms with E-state index in [9.17, 15) is 14.0 Å². The number of aromatic amines is 1. The van der Waals surface area contributed by atoms with Crippen LogP contribution in [0, 0.1) is 5.82 Å². The highest BCUT2D eigenvalue weighted by Gasteiger charge is 2.16. The summed E-state index contributed by atoms with van der Waals surface area (Å²) in [6, 6.07) is 15.5. The third-order valence-corrected chi connectivity index (χ3v) is 6.33. The molecule has 2 aromatic heterocycles. The minimum atomic E-state index is -0.384. The van der Waals surface area contributed by atoms with E-state index in [0.29, 0.717) is 22.6 Å². The van der Waals surface area contributed by atoms with Gasteiger partial charge in [0.25, 0.3) is 5.56 Å². The molecule has 0 saturated heterocycles. The van der Waals surface area contributed by atoms with E-state index in [4.69, 9.17) is 9.47 Å². The van der Waals surface area contributed by atoms with Gasteiger partial charge >= 0.3 is 5.97 Å². The fraction of sp³-hybridized carbons (Fsp3) is 0.240. The predicted octanol–water partition coefficient (Wildman–Crippen LogP) is 4.36. The largest absolute Gasteiger partial charge is 0.497 e. The number of halogens is 1. The first-order valence-corrected chi connectivity index (χ1v) is 11.6. The molecule has 0 unspecified atom stereocenters. The number of fused-ring (bicyclic) bond motifs is 1. The van der Waals surface area contributed by atoms with Gasteiger partial charge in [0.05, 0.1) is 32.3 Å². The number of esters is 1. The zero-order chi connectivity index (χ0) is 24.1. The summed E-state index contributed by atoms with van der Waals surface area (Å²) >= 11 is 1.37. The van der Waals surface area contributed by atoms with Crippen LogP contribution in [0.1, 0.15) is 18.3 Å². The van der Waals surface area contributed by atoms with Gasteiger partial charge in [-0.2, -0.15) is 0 Å². The molecule has 0 radical (unpaired) electrons. The monoisotopic (exact) mass is 481 g/mol. The molecule has 4 rings (SSSR count). The summed E-state index contributed by atoms with van der Waals surface area (Å²) in [7, 11) is 1.61. The number of thiophene rings is 1. The van der Waals surface area contributed by atoms with Crippen LogP contribution in [0.3, 0.4) is 0 Å². The van der Waals surface area contributed by atoms with Gasteiger partial charge in [-0.1, -0.05) is 12.1 Å². The number of methoxy groups -OCH3 is 1. The quantitative estimate of drug-likeness (QED) is 0.358. The number of hydrogen-bond donors (Lipinski definition) is 1. The van der Waals surface area contributed by atoms with Crippen molar-refractivity contribution in [3.8, 4) is 16.2 Å². The highest BCUT2D eigenvalue weighted by molar-refractivity contribution is 7.22. The van der Waals surface area contributed by atoms with Crippen LogP contribution in [-0.2, 0) is 22.6 Å². The van der Waals surface area contributed by atoms with Crippen LogP contribution in [-0.4, -0.2) is 41.1 Å². The minimum Gasteiger partial charge on any atom is -0.497 e. The number of benzene rings is 2. The molecular formula is C25H24FN3O4S. The zero-order valence-corrected chi connectivity index (χ0v) is 19.7. The van der Waals surface area contributed by atoms with E-state index in [1.54, 1.807) is 31.1 Å². The molecule has 0 aliphatic rings. The van der Waals surface area contributed by atoms with Gasteiger partial charge in [0.2, 0.25) is 0 Å². The Balaban J connectivity index is 1.60. The highest BCUT2D eigenvalue weighted by Crippen LogP contribution is 2.31. The molecule has 34 heavy (non-hydrogen) atoms. The first kappa shape index (κ1) is 23.6. The summed E-state index contributed by atoms with van der Waals surface area (Å²) in [6.45, 7) is 2.60. The molecule has 2 heterocycles. The van der Waals surface area contributed by atoms with Crippen LogP contribution < -0.4 is 10.3 Å². The molecule has 0 fully saturated rings. The summed E-state index contributed by atoms with van der Waals surface area (Å²) in [5.74, 6) is 0.474. The Morgan fingerprint density at radius 1 is 1.12 bits per heavy atom. The maximum absolute atomic E-state index is 13.3. The molecular weight excluding hydrogens is 457 g/mol. The van der Waals surface area contributed by atoms with Crippen molar-refractivity contribution in [2.45, 2.75) is 20.0 Å². The Bertz CT molecular complexity index is 1330. The van der Waals surface area contributed by atoms with E-state index in [-0.39, 0.29) is 37.0 Å². The summed E-state index contributed by atoms with van der Waals surface area (Å²) in [5.41, 5.74) is 2.14. The number of rotatable bonds is 9. The van der Waals surface area contributed by atoms with Crippen LogP contribution >= 0.6 is 11.3 Å². The smallest absolute Gasteiger partial charge is 0.320 e. The van der Waals surface area contributed by atoms with Crippen LogP contribution in [0.5, 0.6) is 5.75 Å². The summed E-state index contributed by atoms with van der Waals surface area (Å²) in [6.07, 6.45) is 0. The van der Waals surface area contributed by atoms with Gasteiger partial charge < -0.3 is 14.5 Å². The lowest BCUT2D eigenvalue weighted by Gasteiger charge is -2.21. The summed E-state index contributed by atoms with van der Waals surface area (Å²) in [5, 5.41) is 0. The second-order valence-electron chi connectivity index (χ2n) is 7.64. The van der Waals surface area contributed by atoms with E-state index in [0.717, 1.165) is 21.8 Å². The molecule has 0 aliphatic carbocycles. The molecule has 0 saturated carbocycles. The molecule has 176 valence electrons. The molecule has 1 N–H and O–H groups in total. The van der Waals surface area contributed by atoms with Gasteiger partial charge in [-0.05, 0) is 60.5 Å². The average molecular weight is 482 g/mol. The molecule has 4 aromatic rings. The second kappa shape index (κ2) is 10.6. The average Bonchev–Trinajstić information content (AvgIpc) is 3.25. The standard InChI is InChI=1S/C25H24FN3O4S/c1-3-33-23(30)15-29(13-16-4-8-18(26)9-5-16)14-22-27-20-12-21(34-24(20)25(31)28-22)17-6-10-19(32-2)11-7-17/h4-12H,3,13-15H2,1-2H3,(H,27,28,31). The van der Waals surface area contributed by atoms with E-state index in [2.05, 4.69) is 9.97 Å². The molecule has 7 nitrogen and oxygen atoms in total. The highest BCUT2D eigenvalue weighted by atomic mass is 32.1. The lowest BCUT2D eigenvalue weighted by Crippen LogP contribution is -2.31. The van der Waals surface area contributed by atoms with Gasteiger partial charge in [0.15, 0.2) is 0 Å². The van der Waals surface area contributed by atoms with Crippen molar-refractivity contribution in [1.82, 2.24) is 14.9 Å². The zero-order valence-electron chi connectivity index (χ0n) is 18.8. The molecule has 9 heteroatoms. The Hall–Kier alpha value is -3.56. The number of nitrogens with one attached hydrogen (secondary N) is 1. The Kier molecular flexibility index (Phi) is 7.34. The number of carbonyl (C=O) groups is 1. The Morgan fingerprint density at radius 3 is 2.53 bits per heavy atom. The van der Waals surface area contributed by atoms with Crippen molar-refractivity contribution in [3.63, 3.8) is 0 Å². The van der Waals surface area contributed by atoms with Crippen LogP contribution in [0.25, 0.3) is 20.7 Å². The van der Waals surface area contributed by atoms with Gasteiger partial charge in [-0.25, -0.2) is 9.37 Å². The topological polar surface area (TPSA) is 84.5 Å². The number of carbonyl (C=O) groups excluding carboxylic acids is 1. The molecule has 2 aromatic carbocycles. The van der Waals surface area contributed by atoms with Crippen molar-refractivity contribution < 1.29 is 18.7 Å². The minimum absolute atomic E-state index is 0.00764. The first-order valence-electron chi connectivity index (χ1n) is 10.7. The van der Waals surface area contributed by atoms with Crippen molar-refractivity contribution in [2.24, 2.45) is 0 Å². The number of ether oxygens (including phenoxy) is 2. The maximum Gasteiger partial charge on any atom is 0.320 e. The van der Waals surface area contributed by atoms with Crippen LogP contribution in [0.15, 0.2) is 59.4 Å². The first-order chi connectivity index (χ1) is 16.4. The maximum atomic E-state index is 13.3.